The van der Waals surface area contributed by atoms with Crippen LogP contribution in [-0.4, -0.2) is 11.7 Å². The maximum atomic E-state index is 11.8. The molecule has 0 aliphatic carbocycles. The lowest BCUT2D eigenvalue weighted by atomic mass is 10.2. The summed E-state index contributed by atoms with van der Waals surface area (Å²) in [5.41, 5.74) is 0.245. The zero-order valence-electron chi connectivity index (χ0n) is 6.81. The molecule has 0 aliphatic heterocycles. The topological polar surface area (TPSA) is 29.5 Å². The van der Waals surface area contributed by atoms with E-state index < -0.39 is 6.61 Å². The van der Waals surface area contributed by atoms with E-state index >= 15 is 0 Å². The summed E-state index contributed by atoms with van der Waals surface area (Å²) in [5, 5.41) is 9.01. The Labute approximate surface area is 89.0 Å². The zero-order chi connectivity index (χ0) is 10.7. The van der Waals surface area contributed by atoms with Crippen molar-refractivity contribution in [1.82, 2.24) is 0 Å². The molecule has 1 rings (SSSR count). The lowest BCUT2D eigenvalue weighted by Gasteiger charge is -2.08. The Morgan fingerprint density at radius 1 is 1.36 bits per heavy atom. The number of hydrogen-bond acceptors (Lipinski definition) is 2. The van der Waals surface area contributed by atoms with E-state index in [1.807, 2.05) is 0 Å². The van der Waals surface area contributed by atoms with Crippen LogP contribution in [0.15, 0.2) is 12.1 Å². The number of aliphatic hydroxyl groups excluding tert-OH is 1. The monoisotopic (exact) mass is 242 g/mol. The first-order valence-corrected chi connectivity index (χ1v) is 4.33. The third-order valence-electron chi connectivity index (χ3n) is 1.47. The molecule has 0 fully saturated rings. The highest BCUT2D eigenvalue weighted by Crippen LogP contribution is 2.31. The molecule has 0 spiro atoms. The lowest BCUT2D eigenvalue weighted by molar-refractivity contribution is -0.0499. The van der Waals surface area contributed by atoms with Gasteiger partial charge < -0.3 is 9.84 Å². The number of benzene rings is 1. The van der Waals surface area contributed by atoms with E-state index in [-0.39, 0.29) is 28.0 Å². The van der Waals surface area contributed by atoms with Crippen LogP contribution < -0.4 is 4.74 Å². The normalized spacial score (nSPS) is 10.7. The van der Waals surface area contributed by atoms with Gasteiger partial charge in [-0.3, -0.25) is 0 Å². The minimum absolute atomic E-state index is 0.0638. The molecule has 1 N–H and O–H groups in total. The largest absolute Gasteiger partial charge is 0.435 e. The maximum Gasteiger partial charge on any atom is 0.387 e. The highest BCUT2D eigenvalue weighted by atomic mass is 35.5. The second-order valence-corrected chi connectivity index (χ2v) is 3.20. The fourth-order valence-corrected chi connectivity index (χ4v) is 1.30. The van der Waals surface area contributed by atoms with E-state index in [4.69, 9.17) is 28.3 Å². The van der Waals surface area contributed by atoms with Crippen molar-refractivity contribution in [2.24, 2.45) is 0 Å². The number of rotatable bonds is 3. The average molecular weight is 243 g/mol. The van der Waals surface area contributed by atoms with Gasteiger partial charge in [0.2, 0.25) is 0 Å². The molecule has 14 heavy (non-hydrogen) atoms. The molecule has 1 aromatic rings. The van der Waals surface area contributed by atoms with Crippen molar-refractivity contribution in [1.29, 1.82) is 0 Å². The number of aliphatic hydroxyl groups is 1. The Morgan fingerprint density at radius 3 is 2.50 bits per heavy atom. The molecule has 2 nitrogen and oxygen atoms in total. The summed E-state index contributed by atoms with van der Waals surface area (Å²) < 4.78 is 27.8. The molecular weight excluding hydrogens is 237 g/mol. The van der Waals surface area contributed by atoms with E-state index in [9.17, 15) is 8.78 Å². The van der Waals surface area contributed by atoms with E-state index in [0.717, 1.165) is 6.07 Å². The van der Waals surface area contributed by atoms with Crippen LogP contribution in [0.25, 0.3) is 0 Å². The Hall–Kier alpha value is -0.580. The van der Waals surface area contributed by atoms with Gasteiger partial charge in [0.15, 0.2) is 0 Å². The molecule has 0 radical (unpaired) electrons. The minimum Gasteiger partial charge on any atom is -0.435 e. The van der Waals surface area contributed by atoms with Gasteiger partial charge in [-0.15, -0.1) is 0 Å². The van der Waals surface area contributed by atoms with E-state index in [1.165, 1.54) is 6.07 Å². The van der Waals surface area contributed by atoms with Crippen molar-refractivity contribution in [3.8, 4) is 5.75 Å². The average Bonchev–Trinajstić information content (AvgIpc) is 2.10. The van der Waals surface area contributed by atoms with Crippen LogP contribution in [0.3, 0.4) is 0 Å². The molecule has 0 aliphatic rings. The first-order valence-electron chi connectivity index (χ1n) is 3.58. The summed E-state index contributed by atoms with van der Waals surface area (Å²) in [7, 11) is 0. The van der Waals surface area contributed by atoms with Gasteiger partial charge in [-0.25, -0.2) is 0 Å². The van der Waals surface area contributed by atoms with Crippen molar-refractivity contribution >= 4 is 23.2 Å². The molecule has 0 atom stereocenters. The van der Waals surface area contributed by atoms with Crippen molar-refractivity contribution in [3.63, 3.8) is 0 Å². The van der Waals surface area contributed by atoms with Crippen molar-refractivity contribution in [2.45, 2.75) is 13.2 Å². The molecule has 0 amide bonds. The minimum atomic E-state index is -2.93. The quantitative estimate of drug-likeness (QED) is 0.883. The van der Waals surface area contributed by atoms with Crippen LogP contribution in [0.1, 0.15) is 5.56 Å². The Kier molecular flexibility index (Phi) is 3.92. The molecule has 0 saturated heterocycles. The molecule has 78 valence electrons. The van der Waals surface area contributed by atoms with Crippen molar-refractivity contribution in [3.05, 3.63) is 27.7 Å². The molecule has 0 aromatic heterocycles. The molecule has 1 aromatic carbocycles. The standard InChI is InChI=1S/C8H6Cl2F2O2/c9-6-2-5(14-8(11)12)1-4(3-13)7(6)10/h1-2,8,13H,3H2. The fourth-order valence-electron chi connectivity index (χ4n) is 0.904. The molecule has 0 bridgehead atoms. The summed E-state index contributed by atoms with van der Waals surface area (Å²) in [6.07, 6.45) is 0. The summed E-state index contributed by atoms with van der Waals surface area (Å²) in [4.78, 5) is 0. The smallest absolute Gasteiger partial charge is 0.387 e. The van der Waals surface area contributed by atoms with Gasteiger partial charge in [0.25, 0.3) is 0 Å². The molecular formula is C8H6Cl2F2O2. The van der Waals surface area contributed by atoms with E-state index in [0.29, 0.717) is 0 Å². The second kappa shape index (κ2) is 4.77. The predicted octanol–water partition coefficient (Wildman–Crippen LogP) is 3.09. The Balaban J connectivity index is 3.03. The third-order valence-corrected chi connectivity index (χ3v) is 2.31. The molecule has 0 heterocycles. The first-order chi connectivity index (χ1) is 6.54. The van der Waals surface area contributed by atoms with E-state index in [1.54, 1.807) is 0 Å². The summed E-state index contributed by atoms with van der Waals surface area (Å²) >= 11 is 11.3. The Bertz CT molecular complexity index is 331. The van der Waals surface area contributed by atoms with Crippen LogP contribution >= 0.6 is 23.2 Å². The summed E-state index contributed by atoms with van der Waals surface area (Å²) in [6, 6.07) is 2.37. The van der Waals surface area contributed by atoms with Gasteiger partial charge in [0.05, 0.1) is 16.7 Å². The second-order valence-electron chi connectivity index (χ2n) is 2.41. The van der Waals surface area contributed by atoms with Crippen molar-refractivity contribution in [2.75, 3.05) is 0 Å². The summed E-state index contributed by atoms with van der Waals surface area (Å²) in [6.45, 7) is -3.32. The van der Waals surface area contributed by atoms with E-state index in [2.05, 4.69) is 4.74 Å². The van der Waals surface area contributed by atoms with Crippen LogP contribution in [0.5, 0.6) is 5.75 Å². The number of alkyl halides is 2. The Morgan fingerprint density at radius 2 is 2.00 bits per heavy atom. The molecule has 0 unspecified atom stereocenters. The van der Waals surface area contributed by atoms with Crippen LogP contribution in [0.4, 0.5) is 8.78 Å². The highest BCUT2D eigenvalue weighted by molar-refractivity contribution is 6.42. The van der Waals surface area contributed by atoms with Crippen LogP contribution in [-0.2, 0) is 6.61 Å². The SMILES string of the molecule is OCc1cc(OC(F)F)cc(Cl)c1Cl. The van der Waals surface area contributed by atoms with Gasteiger partial charge in [0.1, 0.15) is 5.75 Å². The van der Waals surface area contributed by atoms with Crippen molar-refractivity contribution < 1.29 is 18.6 Å². The first kappa shape index (κ1) is 11.5. The summed E-state index contributed by atoms with van der Waals surface area (Å²) in [5.74, 6) is -0.126. The number of ether oxygens (including phenoxy) is 1. The van der Waals surface area contributed by atoms with Gasteiger partial charge >= 0.3 is 6.61 Å². The van der Waals surface area contributed by atoms with Gasteiger partial charge in [-0.1, -0.05) is 23.2 Å². The highest BCUT2D eigenvalue weighted by Gasteiger charge is 2.10. The maximum absolute atomic E-state index is 11.8. The van der Waals surface area contributed by atoms with Crippen LogP contribution in [0.2, 0.25) is 10.0 Å². The molecule has 6 heteroatoms. The van der Waals surface area contributed by atoms with Gasteiger partial charge in [0, 0.05) is 11.6 Å². The fraction of sp³-hybridized carbons (Fsp3) is 0.250. The van der Waals surface area contributed by atoms with Gasteiger partial charge in [-0.05, 0) is 6.07 Å². The predicted molar refractivity (Wildman–Crippen MR) is 49.0 cm³/mol. The zero-order valence-corrected chi connectivity index (χ0v) is 8.32. The number of hydrogen-bond donors (Lipinski definition) is 1. The van der Waals surface area contributed by atoms with Gasteiger partial charge in [-0.2, -0.15) is 8.78 Å². The molecule has 0 saturated carbocycles. The third kappa shape index (κ3) is 2.70. The lowest BCUT2D eigenvalue weighted by Crippen LogP contribution is -2.02. The van der Waals surface area contributed by atoms with Crippen LogP contribution in [0, 0.1) is 0 Å². The number of halogens is 4.